The SMILES string of the molecule is O=[N+]([O-])c1c(F)c(Cl)c(F)c([N+](=O)[O-])c1Cl. The predicted octanol–water partition coefficient (Wildman–Crippen LogP) is 3.09. The third-order valence-electron chi connectivity index (χ3n) is 1.58. The minimum Gasteiger partial charge on any atom is -0.258 e. The highest BCUT2D eigenvalue weighted by atomic mass is 35.5. The molecule has 0 spiro atoms. The number of benzene rings is 1. The Morgan fingerprint density at radius 2 is 1.19 bits per heavy atom. The highest BCUT2D eigenvalue weighted by Crippen LogP contribution is 2.42. The van der Waals surface area contributed by atoms with Gasteiger partial charge in [-0.2, -0.15) is 8.78 Å². The van der Waals surface area contributed by atoms with Crippen molar-refractivity contribution < 1.29 is 18.6 Å². The maximum Gasteiger partial charge on any atom is 0.332 e. The predicted molar refractivity (Wildman–Crippen MR) is 49.7 cm³/mol. The fourth-order valence-electron chi connectivity index (χ4n) is 0.930. The van der Waals surface area contributed by atoms with Gasteiger partial charge in [-0.3, -0.25) is 20.2 Å². The molecule has 0 fully saturated rings. The molecule has 0 saturated heterocycles. The van der Waals surface area contributed by atoms with Gasteiger partial charge >= 0.3 is 11.4 Å². The number of nitro groups is 2. The molecule has 0 heterocycles. The monoisotopic (exact) mass is 272 g/mol. The van der Waals surface area contributed by atoms with Gasteiger partial charge in [0.15, 0.2) is 0 Å². The van der Waals surface area contributed by atoms with Gasteiger partial charge in [0.05, 0.1) is 9.85 Å². The molecule has 1 rings (SSSR count). The second-order valence-electron chi connectivity index (χ2n) is 2.47. The number of rotatable bonds is 2. The average molecular weight is 273 g/mol. The summed E-state index contributed by atoms with van der Waals surface area (Å²) in [4.78, 5) is 18.1. The van der Waals surface area contributed by atoms with Crippen LogP contribution in [0.15, 0.2) is 0 Å². The van der Waals surface area contributed by atoms with Gasteiger partial charge in [-0.25, -0.2) is 0 Å². The summed E-state index contributed by atoms with van der Waals surface area (Å²) in [6.45, 7) is 0. The summed E-state index contributed by atoms with van der Waals surface area (Å²) < 4.78 is 26.2. The van der Waals surface area contributed by atoms with Crippen molar-refractivity contribution in [3.8, 4) is 0 Å². The van der Waals surface area contributed by atoms with Crippen molar-refractivity contribution in [3.05, 3.63) is 41.9 Å². The van der Waals surface area contributed by atoms with Crippen molar-refractivity contribution >= 4 is 34.6 Å². The summed E-state index contributed by atoms with van der Waals surface area (Å²) in [6, 6.07) is 0. The first-order valence-corrected chi connectivity index (χ1v) is 4.19. The zero-order valence-electron chi connectivity index (χ0n) is 7.04. The third kappa shape index (κ3) is 1.76. The van der Waals surface area contributed by atoms with E-state index in [1.54, 1.807) is 0 Å². The molecule has 0 unspecified atom stereocenters. The van der Waals surface area contributed by atoms with Crippen molar-refractivity contribution in [3.63, 3.8) is 0 Å². The first kappa shape index (κ1) is 12.5. The van der Waals surface area contributed by atoms with Gasteiger partial charge in [0.25, 0.3) is 0 Å². The molecular formula is C6Cl2F2N2O4. The Bertz CT molecular complexity index is 467. The molecule has 0 bridgehead atoms. The van der Waals surface area contributed by atoms with Crippen LogP contribution in [0.2, 0.25) is 10.0 Å². The molecule has 6 nitrogen and oxygen atoms in total. The molecule has 0 N–H and O–H groups in total. The lowest BCUT2D eigenvalue weighted by Crippen LogP contribution is -2.02. The van der Waals surface area contributed by atoms with Crippen LogP contribution in [0.3, 0.4) is 0 Å². The van der Waals surface area contributed by atoms with Gasteiger partial charge in [-0.1, -0.05) is 23.2 Å². The van der Waals surface area contributed by atoms with Crippen LogP contribution in [0.5, 0.6) is 0 Å². The summed E-state index contributed by atoms with van der Waals surface area (Å²) in [5.74, 6) is -3.50. The Balaban J connectivity index is 3.80. The van der Waals surface area contributed by atoms with Gasteiger partial charge in [0.1, 0.15) is 5.02 Å². The quantitative estimate of drug-likeness (QED) is 0.358. The molecule has 1 aromatic rings. The van der Waals surface area contributed by atoms with Crippen LogP contribution < -0.4 is 0 Å². The largest absolute Gasteiger partial charge is 0.332 e. The van der Waals surface area contributed by atoms with Crippen LogP contribution in [-0.2, 0) is 0 Å². The highest BCUT2D eigenvalue weighted by molar-refractivity contribution is 6.37. The first-order chi connectivity index (χ1) is 7.29. The minimum atomic E-state index is -1.75. The lowest BCUT2D eigenvalue weighted by molar-refractivity contribution is -0.397. The smallest absolute Gasteiger partial charge is 0.258 e. The molecule has 1 aromatic carbocycles. The molecule has 86 valence electrons. The van der Waals surface area contributed by atoms with E-state index in [1.807, 2.05) is 0 Å². The van der Waals surface area contributed by atoms with Crippen molar-refractivity contribution in [1.82, 2.24) is 0 Å². The Labute approximate surface area is 95.7 Å². The lowest BCUT2D eigenvalue weighted by Gasteiger charge is -2.02. The number of nitro benzene ring substituents is 2. The fourth-order valence-corrected chi connectivity index (χ4v) is 1.41. The van der Waals surface area contributed by atoms with Crippen LogP contribution in [0.1, 0.15) is 0 Å². The van der Waals surface area contributed by atoms with Gasteiger partial charge < -0.3 is 0 Å². The van der Waals surface area contributed by atoms with Gasteiger partial charge in [-0.15, -0.1) is 0 Å². The normalized spacial score (nSPS) is 10.2. The van der Waals surface area contributed by atoms with Crippen LogP contribution in [0.4, 0.5) is 20.2 Å². The fraction of sp³-hybridized carbons (Fsp3) is 0. The molecule has 0 saturated carbocycles. The summed E-state index contributed by atoms with van der Waals surface area (Å²) in [5, 5.41) is 18.1. The van der Waals surface area contributed by atoms with Crippen LogP contribution in [-0.4, -0.2) is 9.85 Å². The second kappa shape index (κ2) is 4.14. The zero-order valence-corrected chi connectivity index (χ0v) is 8.55. The van der Waals surface area contributed by atoms with Gasteiger partial charge in [0, 0.05) is 0 Å². The van der Waals surface area contributed by atoms with E-state index in [0.717, 1.165) is 0 Å². The van der Waals surface area contributed by atoms with E-state index in [4.69, 9.17) is 23.2 Å². The number of nitrogens with zero attached hydrogens (tertiary/aromatic N) is 2. The number of hydrogen-bond donors (Lipinski definition) is 0. The van der Waals surface area contributed by atoms with Crippen molar-refractivity contribution in [2.75, 3.05) is 0 Å². The van der Waals surface area contributed by atoms with Gasteiger partial charge in [0.2, 0.25) is 16.7 Å². The first-order valence-electron chi connectivity index (χ1n) is 3.43. The van der Waals surface area contributed by atoms with Crippen molar-refractivity contribution in [2.45, 2.75) is 0 Å². The van der Waals surface area contributed by atoms with Crippen LogP contribution in [0, 0.1) is 31.9 Å². The molecule has 0 aliphatic rings. The van der Waals surface area contributed by atoms with E-state index >= 15 is 0 Å². The summed E-state index contributed by atoms with van der Waals surface area (Å²) in [7, 11) is 0. The molecule has 0 aliphatic carbocycles. The Kier molecular flexibility index (Phi) is 3.24. The Morgan fingerprint density at radius 3 is 1.44 bits per heavy atom. The zero-order chi connectivity index (χ0) is 12.6. The van der Waals surface area contributed by atoms with E-state index in [-0.39, 0.29) is 0 Å². The van der Waals surface area contributed by atoms with Crippen LogP contribution in [0.25, 0.3) is 0 Å². The van der Waals surface area contributed by atoms with Crippen LogP contribution >= 0.6 is 23.2 Å². The third-order valence-corrected chi connectivity index (χ3v) is 2.27. The summed E-state index contributed by atoms with van der Waals surface area (Å²) >= 11 is 10.2. The van der Waals surface area contributed by atoms with E-state index in [0.29, 0.717) is 0 Å². The maximum absolute atomic E-state index is 13.1. The standard InChI is InChI=1S/C6Cl2F2N2O4/c7-1-3(9)5(11(13)14)2(8)6(4(1)10)12(15)16. The molecular weight excluding hydrogens is 273 g/mol. The summed E-state index contributed by atoms with van der Waals surface area (Å²) in [5.41, 5.74) is -2.86. The van der Waals surface area contributed by atoms with Gasteiger partial charge in [-0.05, 0) is 0 Å². The number of halogens is 4. The average Bonchev–Trinajstić information content (AvgIpc) is 2.13. The number of hydrogen-bond acceptors (Lipinski definition) is 4. The topological polar surface area (TPSA) is 86.3 Å². The lowest BCUT2D eigenvalue weighted by atomic mass is 10.2. The molecule has 0 aliphatic heterocycles. The van der Waals surface area contributed by atoms with E-state index < -0.39 is 42.9 Å². The molecule has 0 atom stereocenters. The Morgan fingerprint density at radius 1 is 0.875 bits per heavy atom. The molecule has 0 amide bonds. The molecule has 0 radical (unpaired) electrons. The molecule has 0 aromatic heterocycles. The summed E-state index contributed by atoms with van der Waals surface area (Å²) in [6.07, 6.45) is 0. The van der Waals surface area contributed by atoms with E-state index in [2.05, 4.69) is 0 Å². The Hall–Kier alpha value is -1.54. The van der Waals surface area contributed by atoms with E-state index in [9.17, 15) is 29.0 Å². The highest BCUT2D eigenvalue weighted by Gasteiger charge is 2.36. The maximum atomic E-state index is 13.1. The molecule has 10 heteroatoms. The molecule has 16 heavy (non-hydrogen) atoms. The van der Waals surface area contributed by atoms with Crippen molar-refractivity contribution in [2.24, 2.45) is 0 Å². The van der Waals surface area contributed by atoms with E-state index in [1.165, 1.54) is 0 Å². The minimum absolute atomic E-state index is 1.24. The second-order valence-corrected chi connectivity index (χ2v) is 3.22. The van der Waals surface area contributed by atoms with Crippen molar-refractivity contribution in [1.29, 1.82) is 0 Å².